The van der Waals surface area contributed by atoms with E-state index < -0.39 is 15.7 Å². The third kappa shape index (κ3) is 5.39. The molecule has 3 aromatic carbocycles. The number of piperazine rings is 1. The van der Waals surface area contributed by atoms with Crippen molar-refractivity contribution in [3.63, 3.8) is 0 Å². The number of rotatable bonds is 7. The number of nitrogens with zero attached hydrogens (tertiary/aromatic N) is 2. The SMILES string of the molecule is O=S(=O)(CCN1CCN(C(c2ccccc2)c2ccccc2)CC1)c1ccc(F)cc1. The van der Waals surface area contributed by atoms with Crippen LogP contribution in [-0.4, -0.2) is 56.7 Å². The van der Waals surface area contributed by atoms with Gasteiger partial charge in [0.25, 0.3) is 0 Å². The van der Waals surface area contributed by atoms with Crippen molar-refractivity contribution in [2.45, 2.75) is 10.9 Å². The molecule has 0 amide bonds. The summed E-state index contributed by atoms with van der Waals surface area (Å²) < 4.78 is 38.2. The largest absolute Gasteiger partial charge is 0.300 e. The van der Waals surface area contributed by atoms with Crippen molar-refractivity contribution in [1.82, 2.24) is 9.80 Å². The normalized spacial score (nSPS) is 15.9. The van der Waals surface area contributed by atoms with E-state index in [2.05, 4.69) is 58.3 Å². The molecular weight excluding hydrogens is 411 g/mol. The lowest BCUT2D eigenvalue weighted by atomic mass is 9.96. The minimum absolute atomic E-state index is 0.0411. The molecule has 0 unspecified atom stereocenters. The van der Waals surface area contributed by atoms with Gasteiger partial charge in [0.1, 0.15) is 5.82 Å². The predicted octanol–water partition coefficient (Wildman–Crippen LogP) is 4.01. The third-order valence-electron chi connectivity index (χ3n) is 5.85. The first kappa shape index (κ1) is 21.7. The summed E-state index contributed by atoms with van der Waals surface area (Å²) in [7, 11) is -3.41. The highest BCUT2D eigenvalue weighted by atomic mass is 32.2. The van der Waals surface area contributed by atoms with Gasteiger partial charge in [0.05, 0.1) is 16.7 Å². The van der Waals surface area contributed by atoms with Gasteiger partial charge in [-0.2, -0.15) is 0 Å². The van der Waals surface area contributed by atoms with Gasteiger partial charge < -0.3 is 0 Å². The number of benzene rings is 3. The van der Waals surface area contributed by atoms with Gasteiger partial charge in [-0.25, -0.2) is 12.8 Å². The minimum atomic E-state index is -3.41. The van der Waals surface area contributed by atoms with Crippen molar-refractivity contribution < 1.29 is 12.8 Å². The van der Waals surface area contributed by atoms with Crippen LogP contribution in [0.1, 0.15) is 17.2 Å². The van der Waals surface area contributed by atoms with Gasteiger partial charge in [0.15, 0.2) is 9.84 Å². The summed E-state index contributed by atoms with van der Waals surface area (Å²) in [6.07, 6.45) is 0. The first-order chi connectivity index (χ1) is 15.0. The molecule has 1 heterocycles. The van der Waals surface area contributed by atoms with E-state index in [1.165, 1.54) is 35.4 Å². The average Bonchev–Trinajstić information content (AvgIpc) is 2.81. The molecule has 1 fully saturated rings. The molecule has 0 atom stereocenters. The zero-order valence-electron chi connectivity index (χ0n) is 17.4. The average molecular weight is 439 g/mol. The Balaban J connectivity index is 1.39. The molecule has 4 nitrogen and oxygen atoms in total. The van der Waals surface area contributed by atoms with E-state index >= 15 is 0 Å². The highest BCUT2D eigenvalue weighted by Gasteiger charge is 2.27. The lowest BCUT2D eigenvalue weighted by molar-refractivity contribution is 0.114. The lowest BCUT2D eigenvalue weighted by Gasteiger charge is -2.39. The predicted molar refractivity (Wildman–Crippen MR) is 121 cm³/mol. The second kappa shape index (κ2) is 9.73. The van der Waals surface area contributed by atoms with Crippen LogP contribution in [0.4, 0.5) is 4.39 Å². The second-order valence-electron chi connectivity index (χ2n) is 7.87. The Morgan fingerprint density at radius 2 is 1.26 bits per heavy atom. The van der Waals surface area contributed by atoms with Gasteiger partial charge in [0, 0.05) is 32.7 Å². The smallest absolute Gasteiger partial charge is 0.179 e. The fourth-order valence-electron chi connectivity index (χ4n) is 4.14. The van der Waals surface area contributed by atoms with E-state index in [1.54, 1.807) is 0 Å². The van der Waals surface area contributed by atoms with Gasteiger partial charge in [-0.1, -0.05) is 60.7 Å². The van der Waals surface area contributed by atoms with E-state index in [4.69, 9.17) is 0 Å². The van der Waals surface area contributed by atoms with E-state index in [9.17, 15) is 12.8 Å². The number of sulfone groups is 1. The molecule has 0 aromatic heterocycles. The number of halogens is 1. The maximum atomic E-state index is 13.1. The highest BCUT2D eigenvalue weighted by molar-refractivity contribution is 7.91. The molecule has 0 radical (unpaired) electrons. The zero-order chi connectivity index (χ0) is 21.7. The van der Waals surface area contributed by atoms with E-state index in [1.807, 2.05) is 12.1 Å². The van der Waals surface area contributed by atoms with Gasteiger partial charge >= 0.3 is 0 Å². The molecule has 0 bridgehead atoms. The van der Waals surface area contributed by atoms with Crippen LogP contribution in [0.5, 0.6) is 0 Å². The highest BCUT2D eigenvalue weighted by Crippen LogP contribution is 2.29. The van der Waals surface area contributed by atoms with Crippen molar-refractivity contribution in [2.75, 3.05) is 38.5 Å². The number of hydrogen-bond acceptors (Lipinski definition) is 4. The molecule has 31 heavy (non-hydrogen) atoms. The zero-order valence-corrected chi connectivity index (χ0v) is 18.2. The van der Waals surface area contributed by atoms with Crippen LogP contribution in [-0.2, 0) is 9.84 Å². The van der Waals surface area contributed by atoms with E-state index in [0.29, 0.717) is 6.54 Å². The fraction of sp³-hybridized carbons (Fsp3) is 0.280. The van der Waals surface area contributed by atoms with Crippen LogP contribution in [0.2, 0.25) is 0 Å². The van der Waals surface area contributed by atoms with Crippen LogP contribution < -0.4 is 0 Å². The summed E-state index contributed by atoms with van der Waals surface area (Å²) in [5.74, 6) is -0.388. The molecule has 0 N–H and O–H groups in total. The molecule has 0 spiro atoms. The van der Waals surface area contributed by atoms with Crippen molar-refractivity contribution in [3.05, 3.63) is 102 Å². The summed E-state index contributed by atoms with van der Waals surface area (Å²) >= 11 is 0. The fourth-order valence-corrected chi connectivity index (χ4v) is 5.42. The first-order valence-electron chi connectivity index (χ1n) is 10.6. The van der Waals surface area contributed by atoms with E-state index in [-0.39, 0.29) is 16.7 Å². The van der Waals surface area contributed by atoms with Gasteiger partial charge in [-0.3, -0.25) is 9.80 Å². The molecule has 1 aliphatic rings. The Bertz CT molecular complexity index is 1030. The lowest BCUT2D eigenvalue weighted by Crippen LogP contribution is -2.48. The molecule has 4 rings (SSSR count). The molecule has 3 aromatic rings. The molecule has 1 aliphatic heterocycles. The van der Waals surface area contributed by atoms with Crippen LogP contribution >= 0.6 is 0 Å². The Hall–Kier alpha value is -2.54. The van der Waals surface area contributed by atoms with Crippen LogP contribution in [0, 0.1) is 5.82 Å². The van der Waals surface area contributed by atoms with Gasteiger partial charge in [0.2, 0.25) is 0 Å². The molecule has 1 saturated heterocycles. The Kier molecular flexibility index (Phi) is 6.80. The molecule has 6 heteroatoms. The summed E-state index contributed by atoms with van der Waals surface area (Å²) in [6.45, 7) is 3.84. The van der Waals surface area contributed by atoms with E-state index in [0.717, 1.165) is 26.2 Å². The Morgan fingerprint density at radius 1 is 0.742 bits per heavy atom. The standard InChI is InChI=1S/C25H27FN2O2S/c26-23-11-13-24(14-12-23)31(29,30)20-19-27-15-17-28(18-16-27)25(21-7-3-1-4-8-21)22-9-5-2-6-10-22/h1-14,25H,15-20H2. The number of hydrogen-bond donors (Lipinski definition) is 0. The van der Waals surface area contributed by atoms with Crippen LogP contribution in [0.15, 0.2) is 89.8 Å². The maximum Gasteiger partial charge on any atom is 0.179 e. The molecule has 0 saturated carbocycles. The van der Waals surface area contributed by atoms with Crippen molar-refractivity contribution in [2.24, 2.45) is 0 Å². The maximum absolute atomic E-state index is 13.1. The molecule has 162 valence electrons. The molecule has 0 aliphatic carbocycles. The summed E-state index contributed by atoms with van der Waals surface area (Å²) in [5, 5.41) is 0. The summed E-state index contributed by atoms with van der Waals surface area (Å²) in [4.78, 5) is 4.85. The quantitative estimate of drug-likeness (QED) is 0.523. The van der Waals surface area contributed by atoms with Crippen molar-refractivity contribution >= 4 is 9.84 Å². The van der Waals surface area contributed by atoms with Crippen LogP contribution in [0.25, 0.3) is 0 Å². The minimum Gasteiger partial charge on any atom is -0.300 e. The first-order valence-corrected chi connectivity index (χ1v) is 12.2. The van der Waals surface area contributed by atoms with Gasteiger partial charge in [-0.05, 0) is 35.4 Å². The Labute approximate surface area is 183 Å². The third-order valence-corrected chi connectivity index (χ3v) is 7.56. The van der Waals surface area contributed by atoms with Gasteiger partial charge in [-0.15, -0.1) is 0 Å². The monoisotopic (exact) mass is 438 g/mol. The van der Waals surface area contributed by atoms with Crippen molar-refractivity contribution in [1.29, 1.82) is 0 Å². The van der Waals surface area contributed by atoms with Crippen molar-refractivity contribution in [3.8, 4) is 0 Å². The second-order valence-corrected chi connectivity index (χ2v) is 9.98. The van der Waals surface area contributed by atoms with Crippen LogP contribution in [0.3, 0.4) is 0 Å². The Morgan fingerprint density at radius 3 is 1.77 bits per heavy atom. The topological polar surface area (TPSA) is 40.6 Å². The summed E-state index contributed by atoms with van der Waals surface area (Å²) in [6, 6.07) is 26.3. The molecular formula is C25H27FN2O2S. The summed E-state index contributed by atoms with van der Waals surface area (Å²) in [5.41, 5.74) is 2.53.